The summed E-state index contributed by atoms with van der Waals surface area (Å²) in [6.07, 6.45) is -1.83. The fourth-order valence-electron chi connectivity index (χ4n) is 0. The molecular formula is C5H8F2O. The van der Waals surface area contributed by atoms with E-state index in [1.165, 1.54) is 13.8 Å². The van der Waals surface area contributed by atoms with Gasteiger partial charge in [0.2, 0.25) is 0 Å². The van der Waals surface area contributed by atoms with Gasteiger partial charge in [-0.2, -0.15) is 8.78 Å². The van der Waals surface area contributed by atoms with E-state index >= 15 is 0 Å². The summed E-state index contributed by atoms with van der Waals surface area (Å²) >= 11 is 0. The summed E-state index contributed by atoms with van der Waals surface area (Å²) in [5.41, 5.74) is 0. The smallest absolute Gasteiger partial charge is 0.263 e. The third-order valence-electron chi connectivity index (χ3n) is 0. The van der Waals surface area contributed by atoms with Crippen molar-refractivity contribution < 1.29 is 13.6 Å². The quantitative estimate of drug-likeness (QED) is 0.480. The van der Waals surface area contributed by atoms with E-state index < -0.39 is 6.08 Å². The van der Waals surface area contributed by atoms with E-state index in [1.54, 1.807) is 0 Å². The highest BCUT2D eigenvalue weighted by Crippen LogP contribution is 1.85. The van der Waals surface area contributed by atoms with E-state index in [9.17, 15) is 13.6 Å². The van der Waals surface area contributed by atoms with Crippen molar-refractivity contribution in [2.24, 2.45) is 0 Å². The van der Waals surface area contributed by atoms with Gasteiger partial charge in [0, 0.05) is 0 Å². The summed E-state index contributed by atoms with van der Waals surface area (Å²) in [7, 11) is 0. The van der Waals surface area contributed by atoms with E-state index in [-0.39, 0.29) is 5.78 Å². The molecule has 0 aliphatic rings. The van der Waals surface area contributed by atoms with Crippen molar-refractivity contribution in [3.8, 4) is 0 Å². The molecule has 0 saturated heterocycles. The third kappa shape index (κ3) is 180. The highest BCUT2D eigenvalue weighted by molar-refractivity contribution is 5.72. The van der Waals surface area contributed by atoms with E-state index in [0.29, 0.717) is 0 Å². The van der Waals surface area contributed by atoms with Gasteiger partial charge in [-0.15, -0.1) is 0 Å². The van der Waals surface area contributed by atoms with Crippen LogP contribution in [0.3, 0.4) is 0 Å². The third-order valence-corrected chi connectivity index (χ3v) is 0. The molecule has 0 fully saturated rings. The molecular weight excluding hydrogens is 114 g/mol. The SMILES string of the molecule is C=C(F)F.CC(C)=O. The van der Waals surface area contributed by atoms with Crippen LogP contribution in [0.4, 0.5) is 8.78 Å². The number of ketones is 1. The molecule has 3 heteroatoms. The maximum absolute atomic E-state index is 10.1. The number of Topliss-reactive ketones (excluding diaryl/α,β-unsaturated/α-hetero) is 1. The minimum Gasteiger partial charge on any atom is -0.300 e. The van der Waals surface area contributed by atoms with Crippen LogP contribution in [0, 0.1) is 0 Å². The lowest BCUT2D eigenvalue weighted by Gasteiger charge is -1.56. The van der Waals surface area contributed by atoms with E-state index in [0.717, 1.165) is 0 Å². The fraction of sp³-hybridized carbons (Fsp3) is 0.400. The van der Waals surface area contributed by atoms with Gasteiger partial charge in [0.15, 0.2) is 0 Å². The van der Waals surface area contributed by atoms with Crippen LogP contribution in [0.15, 0.2) is 12.7 Å². The van der Waals surface area contributed by atoms with Crippen LogP contribution in [0.5, 0.6) is 0 Å². The molecule has 0 saturated carbocycles. The molecule has 0 unspecified atom stereocenters. The van der Waals surface area contributed by atoms with Crippen LogP contribution in [0.1, 0.15) is 13.8 Å². The molecule has 0 rings (SSSR count). The monoisotopic (exact) mass is 122 g/mol. The topological polar surface area (TPSA) is 17.1 Å². The Morgan fingerprint density at radius 1 is 1.38 bits per heavy atom. The second-order valence-corrected chi connectivity index (χ2v) is 1.25. The fourth-order valence-corrected chi connectivity index (χ4v) is 0. The average Bonchev–Trinajstić information content (AvgIpc) is 1.25. The van der Waals surface area contributed by atoms with Crippen molar-refractivity contribution in [3.63, 3.8) is 0 Å². The predicted molar refractivity (Wildman–Crippen MR) is 27.7 cm³/mol. The largest absolute Gasteiger partial charge is 0.300 e. The second-order valence-electron chi connectivity index (χ2n) is 1.25. The highest BCUT2D eigenvalue weighted by atomic mass is 19.3. The van der Waals surface area contributed by atoms with Gasteiger partial charge in [-0.1, -0.05) is 0 Å². The van der Waals surface area contributed by atoms with Crippen molar-refractivity contribution in [3.05, 3.63) is 12.7 Å². The number of rotatable bonds is 0. The first kappa shape index (κ1) is 10.3. The lowest BCUT2D eigenvalue weighted by molar-refractivity contribution is -0.114. The number of carbonyl (C=O) groups is 1. The minimum absolute atomic E-state index is 0.167. The van der Waals surface area contributed by atoms with Gasteiger partial charge in [0.25, 0.3) is 6.08 Å². The van der Waals surface area contributed by atoms with Crippen LogP contribution in [0.25, 0.3) is 0 Å². The molecule has 48 valence electrons. The standard InChI is InChI=1S/C3H6O.C2H2F2/c1-3(2)4;1-2(3)4/h1-2H3;1H2. The van der Waals surface area contributed by atoms with Gasteiger partial charge >= 0.3 is 0 Å². The van der Waals surface area contributed by atoms with Crippen LogP contribution in [0.2, 0.25) is 0 Å². The summed E-state index contributed by atoms with van der Waals surface area (Å²) in [5.74, 6) is 0.167. The first-order valence-corrected chi connectivity index (χ1v) is 1.94. The van der Waals surface area contributed by atoms with Gasteiger partial charge < -0.3 is 4.79 Å². The maximum atomic E-state index is 10.1. The lowest BCUT2D eigenvalue weighted by atomic mass is 10.6. The number of hydrogen-bond acceptors (Lipinski definition) is 1. The number of halogens is 2. The summed E-state index contributed by atoms with van der Waals surface area (Å²) < 4.78 is 20.3. The molecule has 0 spiro atoms. The van der Waals surface area contributed by atoms with Gasteiger partial charge in [0.1, 0.15) is 5.78 Å². The van der Waals surface area contributed by atoms with Crippen molar-refractivity contribution in [1.29, 1.82) is 0 Å². The summed E-state index contributed by atoms with van der Waals surface area (Å²) in [5, 5.41) is 0. The molecule has 0 atom stereocenters. The van der Waals surface area contributed by atoms with Crippen LogP contribution < -0.4 is 0 Å². The van der Waals surface area contributed by atoms with Crippen molar-refractivity contribution >= 4 is 5.78 Å². The summed E-state index contributed by atoms with van der Waals surface area (Å²) in [6, 6.07) is 0. The Bertz CT molecular complexity index is 68.4. The van der Waals surface area contributed by atoms with Gasteiger partial charge in [-0.25, -0.2) is 0 Å². The molecule has 1 nitrogen and oxygen atoms in total. The van der Waals surface area contributed by atoms with Crippen LogP contribution in [-0.2, 0) is 4.79 Å². The lowest BCUT2D eigenvalue weighted by Crippen LogP contribution is -1.69. The van der Waals surface area contributed by atoms with E-state index in [2.05, 4.69) is 6.58 Å². The highest BCUT2D eigenvalue weighted by Gasteiger charge is 1.65. The molecule has 0 aliphatic carbocycles. The zero-order valence-electron chi connectivity index (χ0n) is 4.87. The Hall–Kier alpha value is -0.730. The molecule has 0 aliphatic heterocycles. The Labute approximate surface area is 47.0 Å². The Balaban J connectivity index is 0. The average molecular weight is 122 g/mol. The predicted octanol–water partition coefficient (Wildman–Crippen LogP) is 1.99. The number of carbonyl (C=O) groups excluding carboxylic acids is 1. The summed E-state index contributed by atoms with van der Waals surface area (Å²) in [6.45, 7) is 5.28. The molecule has 0 amide bonds. The first-order valence-electron chi connectivity index (χ1n) is 1.94. The minimum atomic E-state index is -1.83. The van der Waals surface area contributed by atoms with Crippen molar-refractivity contribution in [2.45, 2.75) is 13.8 Å². The molecule has 0 radical (unpaired) electrons. The van der Waals surface area contributed by atoms with Crippen molar-refractivity contribution in [1.82, 2.24) is 0 Å². The Morgan fingerprint density at radius 2 is 1.38 bits per heavy atom. The van der Waals surface area contributed by atoms with E-state index in [4.69, 9.17) is 0 Å². The molecule has 0 aromatic rings. The van der Waals surface area contributed by atoms with Crippen LogP contribution in [-0.4, -0.2) is 5.78 Å². The molecule has 0 heterocycles. The summed E-state index contributed by atoms with van der Waals surface area (Å²) in [4.78, 5) is 9.44. The van der Waals surface area contributed by atoms with Gasteiger partial charge in [-0.3, -0.25) is 0 Å². The first-order chi connectivity index (χ1) is 3.46. The molecule has 0 aromatic heterocycles. The second kappa shape index (κ2) is 6.27. The van der Waals surface area contributed by atoms with E-state index in [1.807, 2.05) is 0 Å². The molecule has 0 bridgehead atoms. The zero-order valence-corrected chi connectivity index (χ0v) is 4.87. The molecule has 8 heavy (non-hydrogen) atoms. The molecule has 0 N–H and O–H groups in total. The number of hydrogen-bond donors (Lipinski definition) is 0. The van der Waals surface area contributed by atoms with Crippen molar-refractivity contribution in [2.75, 3.05) is 0 Å². The normalized spacial score (nSPS) is 6.50. The van der Waals surface area contributed by atoms with Gasteiger partial charge in [0.05, 0.1) is 0 Å². The van der Waals surface area contributed by atoms with Crippen LogP contribution >= 0.6 is 0 Å². The zero-order chi connectivity index (χ0) is 7.15. The Morgan fingerprint density at radius 3 is 1.38 bits per heavy atom. The molecule has 0 aromatic carbocycles. The maximum Gasteiger partial charge on any atom is 0.263 e. The van der Waals surface area contributed by atoms with Gasteiger partial charge in [-0.05, 0) is 20.4 Å². The Kier molecular flexibility index (Phi) is 8.07.